The van der Waals surface area contributed by atoms with E-state index in [-0.39, 0.29) is 0 Å². The van der Waals surface area contributed by atoms with E-state index in [1.54, 1.807) is 0 Å². The van der Waals surface area contributed by atoms with Gasteiger partial charge in [-0.2, -0.15) is 0 Å². The van der Waals surface area contributed by atoms with Gasteiger partial charge in [-0.05, 0) is 91.7 Å². The second-order valence-corrected chi connectivity index (χ2v) is 20.2. The van der Waals surface area contributed by atoms with Gasteiger partial charge < -0.3 is 4.57 Å². The first-order valence-electron chi connectivity index (χ1n) is 26.8. The Bertz CT molecular complexity index is 4610. The van der Waals surface area contributed by atoms with Crippen molar-refractivity contribution < 1.29 is 0 Å². The van der Waals surface area contributed by atoms with Crippen LogP contribution in [0.5, 0.6) is 0 Å². The molecular formula is C74H47N5. The summed E-state index contributed by atoms with van der Waals surface area (Å²) in [5.74, 6) is 1.86. The number of fused-ring (bicyclic) bond motifs is 8. The van der Waals surface area contributed by atoms with Gasteiger partial charge in [-0.15, -0.1) is 0 Å². The van der Waals surface area contributed by atoms with Gasteiger partial charge in [0, 0.05) is 54.9 Å². The quantitative estimate of drug-likeness (QED) is 0.135. The van der Waals surface area contributed by atoms with Crippen molar-refractivity contribution in [3.8, 4) is 95.6 Å². The number of nitrogens with zero attached hydrogens (tertiary/aromatic N) is 5. The molecule has 3 heterocycles. The second kappa shape index (κ2) is 19.2. The molecule has 15 aromatic rings. The van der Waals surface area contributed by atoms with E-state index in [1.165, 1.54) is 38.0 Å². The van der Waals surface area contributed by atoms with Crippen LogP contribution in [0.15, 0.2) is 285 Å². The van der Waals surface area contributed by atoms with Crippen molar-refractivity contribution in [1.82, 2.24) is 24.5 Å². The fourth-order valence-corrected chi connectivity index (χ4v) is 11.5. The van der Waals surface area contributed by atoms with Gasteiger partial charge >= 0.3 is 0 Å². The zero-order valence-corrected chi connectivity index (χ0v) is 42.9. The maximum atomic E-state index is 5.44. The molecule has 0 fully saturated rings. The fraction of sp³-hybridized carbons (Fsp3) is 0. The second-order valence-electron chi connectivity index (χ2n) is 20.2. The van der Waals surface area contributed by atoms with Crippen LogP contribution in [0.4, 0.5) is 0 Å². The third kappa shape index (κ3) is 8.29. The molecule has 0 saturated heterocycles. The predicted molar refractivity (Wildman–Crippen MR) is 328 cm³/mol. The largest absolute Gasteiger partial charge is 0.309 e. The highest BCUT2D eigenvalue weighted by atomic mass is 15.0. The first-order valence-corrected chi connectivity index (χ1v) is 26.8. The van der Waals surface area contributed by atoms with Gasteiger partial charge in [0.05, 0.1) is 22.2 Å². The van der Waals surface area contributed by atoms with E-state index in [4.69, 9.17) is 19.9 Å². The summed E-state index contributed by atoms with van der Waals surface area (Å²) in [5, 5.41) is 8.40. The number of benzene rings is 12. The maximum absolute atomic E-state index is 5.44. The van der Waals surface area contributed by atoms with Gasteiger partial charge in [0.15, 0.2) is 17.5 Å². The van der Waals surface area contributed by atoms with Crippen molar-refractivity contribution in [2.45, 2.75) is 0 Å². The first kappa shape index (κ1) is 45.7. The lowest BCUT2D eigenvalue weighted by Gasteiger charge is -2.15. The molecule has 0 aliphatic carbocycles. The standard InChI is InChI=1S/C74H47N5/c1-3-13-48(14-4-1)50-25-33-57(34-26-50)72-76-73(58-35-27-51(28-36-58)49-15-5-2-6-16-49)78-74(77-72)59-37-29-53(30-38-59)52-23-31-56(32-24-52)71-65-45-41-55-17-7-8-18-62(55)70(65)66-47-60(42-46-67(66)75-71)54-39-43-61(44-40-54)79-68-21-11-9-19-63(68)64-20-10-12-22-69(64)79/h1-47H. The number of para-hydroxylation sites is 2. The molecule has 5 nitrogen and oxygen atoms in total. The van der Waals surface area contributed by atoms with Crippen LogP contribution in [-0.2, 0) is 0 Å². The number of hydrogen-bond donors (Lipinski definition) is 0. The van der Waals surface area contributed by atoms with Gasteiger partial charge in [-0.25, -0.2) is 19.9 Å². The van der Waals surface area contributed by atoms with E-state index in [9.17, 15) is 0 Å². The van der Waals surface area contributed by atoms with Crippen LogP contribution in [0, 0.1) is 0 Å². The van der Waals surface area contributed by atoms with E-state index in [1.807, 2.05) is 12.1 Å². The van der Waals surface area contributed by atoms with E-state index in [0.29, 0.717) is 17.5 Å². The normalized spacial score (nSPS) is 11.5. The Morgan fingerprint density at radius 2 is 0.608 bits per heavy atom. The topological polar surface area (TPSA) is 56.5 Å². The molecule has 0 amide bonds. The van der Waals surface area contributed by atoms with Crippen LogP contribution in [0.3, 0.4) is 0 Å². The van der Waals surface area contributed by atoms with Crippen molar-refractivity contribution in [3.63, 3.8) is 0 Å². The zero-order chi connectivity index (χ0) is 52.2. The lowest BCUT2D eigenvalue weighted by atomic mass is 9.93. The smallest absolute Gasteiger partial charge is 0.164 e. The molecule has 0 atom stereocenters. The monoisotopic (exact) mass is 1010 g/mol. The number of pyridine rings is 1. The highest BCUT2D eigenvalue weighted by molar-refractivity contribution is 6.23. The summed E-state index contributed by atoms with van der Waals surface area (Å²) in [6, 6.07) is 101. The molecule has 3 aromatic heterocycles. The van der Waals surface area contributed by atoms with Crippen molar-refractivity contribution in [2.24, 2.45) is 0 Å². The minimum atomic E-state index is 0.614. The van der Waals surface area contributed by atoms with Crippen molar-refractivity contribution in [2.75, 3.05) is 0 Å². The highest BCUT2D eigenvalue weighted by Crippen LogP contribution is 2.40. The number of hydrogen-bond acceptors (Lipinski definition) is 4. The summed E-state index contributed by atoms with van der Waals surface area (Å²) < 4.78 is 2.37. The molecule has 0 spiro atoms. The Morgan fingerprint density at radius 1 is 0.228 bits per heavy atom. The molecule has 0 saturated carbocycles. The van der Waals surface area contributed by atoms with Crippen LogP contribution >= 0.6 is 0 Å². The summed E-state index contributed by atoms with van der Waals surface area (Å²) >= 11 is 0. The third-order valence-electron chi connectivity index (χ3n) is 15.5. The first-order chi connectivity index (χ1) is 39.1. The van der Waals surface area contributed by atoms with Crippen molar-refractivity contribution in [1.29, 1.82) is 0 Å². The molecule has 12 aromatic carbocycles. The van der Waals surface area contributed by atoms with Crippen LogP contribution in [0.1, 0.15) is 0 Å². The average Bonchev–Trinajstić information content (AvgIpc) is 3.88. The third-order valence-corrected chi connectivity index (χ3v) is 15.5. The Kier molecular flexibility index (Phi) is 11.1. The zero-order valence-electron chi connectivity index (χ0n) is 42.9. The van der Waals surface area contributed by atoms with Crippen molar-refractivity contribution in [3.05, 3.63) is 285 Å². The SMILES string of the molecule is c1ccc(-c2ccc(-c3nc(-c4ccc(-c5ccccc5)cc4)nc(-c4ccc(-c5ccc(-c6nc7ccc(-c8ccc(-n9c%10ccccc%10c%10ccccc%109)cc8)cc7c7c6ccc6ccccc67)cc5)cc4)n3)cc2)cc1. The molecule has 79 heavy (non-hydrogen) atoms. The van der Waals surface area contributed by atoms with Gasteiger partial charge in [-0.3, -0.25) is 0 Å². The van der Waals surface area contributed by atoms with Crippen LogP contribution in [0.25, 0.3) is 150 Å². The molecule has 0 N–H and O–H groups in total. The molecule has 15 rings (SSSR count). The van der Waals surface area contributed by atoms with E-state index < -0.39 is 0 Å². The lowest BCUT2D eigenvalue weighted by Crippen LogP contribution is -2.00. The maximum Gasteiger partial charge on any atom is 0.164 e. The Hall–Kier alpha value is -10.6. The van der Waals surface area contributed by atoms with Gasteiger partial charge in [0.25, 0.3) is 0 Å². The Labute approximate surface area is 457 Å². The fourth-order valence-electron chi connectivity index (χ4n) is 11.5. The van der Waals surface area contributed by atoms with Crippen LogP contribution < -0.4 is 0 Å². The molecule has 0 bridgehead atoms. The molecule has 0 radical (unpaired) electrons. The number of aromatic nitrogens is 5. The van der Waals surface area contributed by atoms with E-state index in [0.717, 1.165) is 94.4 Å². The molecule has 0 aliphatic rings. The van der Waals surface area contributed by atoms with Crippen LogP contribution in [-0.4, -0.2) is 24.5 Å². The number of rotatable bonds is 9. The van der Waals surface area contributed by atoms with E-state index >= 15 is 0 Å². The summed E-state index contributed by atoms with van der Waals surface area (Å²) in [6.45, 7) is 0. The van der Waals surface area contributed by atoms with Crippen molar-refractivity contribution >= 4 is 54.3 Å². The Balaban J connectivity index is 0.753. The van der Waals surface area contributed by atoms with Gasteiger partial charge in [0.1, 0.15) is 0 Å². The van der Waals surface area contributed by atoms with Gasteiger partial charge in [-0.1, -0.05) is 249 Å². The minimum Gasteiger partial charge on any atom is -0.309 e. The van der Waals surface area contributed by atoms with Gasteiger partial charge in [0.2, 0.25) is 0 Å². The molecule has 368 valence electrons. The molecule has 5 heteroatoms. The average molecular weight is 1010 g/mol. The summed E-state index contributed by atoms with van der Waals surface area (Å²) in [5.41, 5.74) is 18.4. The summed E-state index contributed by atoms with van der Waals surface area (Å²) in [6.07, 6.45) is 0. The highest BCUT2D eigenvalue weighted by Gasteiger charge is 2.18. The molecular weight excluding hydrogens is 959 g/mol. The summed E-state index contributed by atoms with van der Waals surface area (Å²) in [4.78, 5) is 20.7. The predicted octanol–water partition coefficient (Wildman–Crippen LogP) is 19.2. The minimum absolute atomic E-state index is 0.614. The molecule has 0 unspecified atom stereocenters. The van der Waals surface area contributed by atoms with E-state index in [2.05, 4.69) is 278 Å². The molecule has 0 aliphatic heterocycles. The lowest BCUT2D eigenvalue weighted by molar-refractivity contribution is 1.07. The summed E-state index contributed by atoms with van der Waals surface area (Å²) in [7, 11) is 0. The Morgan fingerprint density at radius 3 is 1.11 bits per heavy atom. The van der Waals surface area contributed by atoms with Crippen LogP contribution in [0.2, 0.25) is 0 Å².